The second kappa shape index (κ2) is 5.34. The first-order valence-electron chi connectivity index (χ1n) is 5.18. The summed E-state index contributed by atoms with van der Waals surface area (Å²) in [6.45, 7) is 0. The van der Waals surface area contributed by atoms with Gasteiger partial charge < -0.3 is 14.9 Å². The minimum absolute atomic E-state index is 0.267. The van der Waals surface area contributed by atoms with E-state index in [4.69, 9.17) is 5.11 Å². The van der Waals surface area contributed by atoms with Crippen molar-refractivity contribution in [3.63, 3.8) is 0 Å². The molecule has 0 radical (unpaired) electrons. The Labute approximate surface area is 101 Å². The number of carbonyl (C=O) groups is 1. The summed E-state index contributed by atoms with van der Waals surface area (Å²) in [6, 6.07) is 6.76. The number of aliphatic imine (C=N–C) groups is 1. The van der Waals surface area contributed by atoms with Gasteiger partial charge in [-0.25, -0.2) is 4.79 Å². The van der Waals surface area contributed by atoms with Crippen LogP contribution in [-0.4, -0.2) is 50.1 Å². The molecule has 0 saturated carbocycles. The molecule has 0 aliphatic carbocycles. The van der Waals surface area contributed by atoms with Gasteiger partial charge in [0.15, 0.2) is 5.96 Å². The molecule has 0 aromatic heterocycles. The predicted octanol–water partition coefficient (Wildman–Crippen LogP) is 1.37. The molecule has 5 heteroatoms. The highest BCUT2D eigenvalue weighted by Gasteiger charge is 2.12. The number of hydrogen-bond acceptors (Lipinski definition) is 2. The van der Waals surface area contributed by atoms with E-state index in [0.717, 1.165) is 11.6 Å². The van der Waals surface area contributed by atoms with Crippen LogP contribution in [0.5, 0.6) is 0 Å². The van der Waals surface area contributed by atoms with Crippen molar-refractivity contribution in [3.05, 3.63) is 29.8 Å². The Hall–Kier alpha value is -2.04. The van der Waals surface area contributed by atoms with Gasteiger partial charge in [-0.15, -0.1) is 0 Å². The Balaban J connectivity index is 3.08. The van der Waals surface area contributed by atoms with Crippen molar-refractivity contribution in [2.75, 3.05) is 33.1 Å². The number of guanidine groups is 1. The van der Waals surface area contributed by atoms with E-state index in [1.54, 1.807) is 25.2 Å². The molecule has 0 spiro atoms. The molecule has 0 heterocycles. The molecular formula is C12H17N3O2. The largest absolute Gasteiger partial charge is 0.478 e. The molecular weight excluding hydrogens is 218 g/mol. The maximum atomic E-state index is 10.9. The van der Waals surface area contributed by atoms with E-state index in [1.807, 2.05) is 37.0 Å². The fraction of sp³-hybridized carbons (Fsp3) is 0.333. The van der Waals surface area contributed by atoms with E-state index < -0.39 is 5.97 Å². The van der Waals surface area contributed by atoms with Crippen LogP contribution in [0.3, 0.4) is 0 Å². The van der Waals surface area contributed by atoms with Gasteiger partial charge in [0.05, 0.1) is 5.56 Å². The lowest BCUT2D eigenvalue weighted by molar-refractivity contribution is 0.0697. The molecule has 0 unspecified atom stereocenters. The molecule has 0 aliphatic rings. The Morgan fingerprint density at radius 1 is 1.29 bits per heavy atom. The number of aromatic carboxylic acids is 1. The SMILES string of the molecule is CN=C(N(C)C)N(C)c1cccc(C(=O)O)c1. The zero-order valence-electron chi connectivity index (χ0n) is 10.5. The molecule has 1 aromatic carbocycles. The molecule has 1 aromatic rings. The minimum atomic E-state index is -0.930. The monoisotopic (exact) mass is 235 g/mol. The van der Waals surface area contributed by atoms with Gasteiger partial charge in [-0.05, 0) is 18.2 Å². The zero-order chi connectivity index (χ0) is 13.0. The highest BCUT2D eigenvalue weighted by Crippen LogP contribution is 2.15. The van der Waals surface area contributed by atoms with Crippen LogP contribution in [0, 0.1) is 0 Å². The van der Waals surface area contributed by atoms with E-state index >= 15 is 0 Å². The molecule has 0 atom stereocenters. The standard InChI is InChI=1S/C12H17N3O2/c1-13-12(14(2)3)15(4)10-7-5-6-9(8-10)11(16)17/h5-8H,1-4H3,(H,16,17). The number of hydrogen-bond donors (Lipinski definition) is 1. The van der Waals surface area contributed by atoms with Crippen LogP contribution in [-0.2, 0) is 0 Å². The van der Waals surface area contributed by atoms with Crippen molar-refractivity contribution in [3.8, 4) is 0 Å². The lowest BCUT2D eigenvalue weighted by Crippen LogP contribution is -2.38. The number of carboxylic acids is 1. The van der Waals surface area contributed by atoms with E-state index in [9.17, 15) is 4.79 Å². The van der Waals surface area contributed by atoms with Crippen LogP contribution in [0.4, 0.5) is 5.69 Å². The van der Waals surface area contributed by atoms with E-state index in [1.165, 1.54) is 0 Å². The molecule has 0 saturated heterocycles. The average Bonchev–Trinajstić information content (AvgIpc) is 2.29. The zero-order valence-corrected chi connectivity index (χ0v) is 10.5. The lowest BCUT2D eigenvalue weighted by atomic mass is 10.2. The van der Waals surface area contributed by atoms with Crippen LogP contribution >= 0.6 is 0 Å². The molecule has 1 N–H and O–H groups in total. The van der Waals surface area contributed by atoms with Gasteiger partial charge in [0.2, 0.25) is 0 Å². The summed E-state index contributed by atoms with van der Waals surface area (Å²) in [4.78, 5) is 18.8. The van der Waals surface area contributed by atoms with E-state index in [2.05, 4.69) is 4.99 Å². The van der Waals surface area contributed by atoms with Crippen LogP contribution < -0.4 is 4.90 Å². The molecule has 0 fully saturated rings. The second-order valence-corrected chi connectivity index (χ2v) is 3.83. The predicted molar refractivity (Wildman–Crippen MR) is 68.9 cm³/mol. The van der Waals surface area contributed by atoms with Crippen LogP contribution in [0.1, 0.15) is 10.4 Å². The smallest absolute Gasteiger partial charge is 0.335 e. The van der Waals surface area contributed by atoms with Crippen LogP contribution in [0.25, 0.3) is 0 Å². The summed E-state index contributed by atoms with van der Waals surface area (Å²) in [5.74, 6) is -0.173. The van der Waals surface area contributed by atoms with Crippen molar-refractivity contribution >= 4 is 17.6 Å². The Bertz CT molecular complexity index is 441. The normalized spacial score (nSPS) is 11.2. The molecule has 17 heavy (non-hydrogen) atoms. The van der Waals surface area contributed by atoms with Gasteiger partial charge in [0.1, 0.15) is 0 Å². The minimum Gasteiger partial charge on any atom is -0.478 e. The number of rotatable bonds is 2. The van der Waals surface area contributed by atoms with Gasteiger partial charge in [-0.3, -0.25) is 4.99 Å². The summed E-state index contributed by atoms with van der Waals surface area (Å²) in [5, 5.41) is 8.94. The summed E-state index contributed by atoms with van der Waals surface area (Å²) in [6.07, 6.45) is 0. The van der Waals surface area contributed by atoms with E-state index in [-0.39, 0.29) is 5.56 Å². The topological polar surface area (TPSA) is 56.1 Å². The van der Waals surface area contributed by atoms with Gasteiger partial charge in [-0.1, -0.05) is 6.07 Å². The van der Waals surface area contributed by atoms with Gasteiger partial charge in [0.25, 0.3) is 0 Å². The van der Waals surface area contributed by atoms with Gasteiger partial charge >= 0.3 is 5.97 Å². The Morgan fingerprint density at radius 3 is 2.41 bits per heavy atom. The van der Waals surface area contributed by atoms with Gasteiger partial charge in [0, 0.05) is 33.9 Å². The summed E-state index contributed by atoms with van der Waals surface area (Å²) < 4.78 is 0. The number of carboxylic acid groups (broad SMARTS) is 1. The molecule has 1 rings (SSSR count). The summed E-state index contributed by atoms with van der Waals surface area (Å²) in [7, 11) is 7.33. The summed E-state index contributed by atoms with van der Waals surface area (Å²) >= 11 is 0. The third-order valence-corrected chi connectivity index (χ3v) is 2.38. The molecule has 0 amide bonds. The number of benzene rings is 1. The van der Waals surface area contributed by atoms with Crippen molar-refractivity contribution in [1.82, 2.24) is 4.90 Å². The maximum Gasteiger partial charge on any atom is 0.335 e. The summed E-state index contributed by atoms with van der Waals surface area (Å²) in [5.41, 5.74) is 1.06. The van der Waals surface area contributed by atoms with Crippen molar-refractivity contribution in [2.45, 2.75) is 0 Å². The number of anilines is 1. The molecule has 0 aliphatic heterocycles. The Kier molecular flexibility index (Phi) is 4.09. The second-order valence-electron chi connectivity index (χ2n) is 3.83. The number of nitrogens with zero attached hydrogens (tertiary/aromatic N) is 3. The quantitative estimate of drug-likeness (QED) is 0.621. The fourth-order valence-corrected chi connectivity index (χ4v) is 1.61. The molecule has 92 valence electrons. The third kappa shape index (κ3) is 2.96. The highest BCUT2D eigenvalue weighted by atomic mass is 16.4. The molecule has 5 nitrogen and oxygen atoms in total. The van der Waals surface area contributed by atoms with Crippen LogP contribution in [0.2, 0.25) is 0 Å². The average molecular weight is 235 g/mol. The van der Waals surface area contributed by atoms with E-state index in [0.29, 0.717) is 0 Å². The first-order chi connectivity index (χ1) is 7.97. The third-order valence-electron chi connectivity index (χ3n) is 2.38. The van der Waals surface area contributed by atoms with Gasteiger partial charge in [-0.2, -0.15) is 0 Å². The molecule has 0 bridgehead atoms. The first kappa shape index (κ1) is 13.0. The van der Waals surface area contributed by atoms with Crippen molar-refractivity contribution in [2.24, 2.45) is 4.99 Å². The fourth-order valence-electron chi connectivity index (χ4n) is 1.61. The lowest BCUT2D eigenvalue weighted by Gasteiger charge is -2.26. The maximum absolute atomic E-state index is 10.9. The highest BCUT2D eigenvalue weighted by molar-refractivity contribution is 5.97. The van der Waals surface area contributed by atoms with Crippen LogP contribution in [0.15, 0.2) is 29.3 Å². The Morgan fingerprint density at radius 2 is 1.94 bits per heavy atom. The van der Waals surface area contributed by atoms with Crippen molar-refractivity contribution < 1.29 is 9.90 Å². The van der Waals surface area contributed by atoms with Crippen molar-refractivity contribution in [1.29, 1.82) is 0 Å². The first-order valence-corrected chi connectivity index (χ1v) is 5.18.